The van der Waals surface area contributed by atoms with Crippen LogP contribution in [0.15, 0.2) is 47.2 Å². The number of benzene rings is 1. The molecule has 78 valence electrons. The highest BCUT2D eigenvalue weighted by Gasteiger charge is 2.11. The van der Waals surface area contributed by atoms with Crippen LogP contribution in [0.2, 0.25) is 0 Å². The van der Waals surface area contributed by atoms with Crippen molar-refractivity contribution in [1.82, 2.24) is 15.4 Å². The molecule has 3 nitrogen and oxygen atoms in total. The lowest BCUT2D eigenvalue weighted by Crippen LogP contribution is -1.81. The highest BCUT2D eigenvalue weighted by molar-refractivity contribution is 7.08. The lowest BCUT2D eigenvalue weighted by Gasteiger charge is -1.98. The molecule has 1 aromatic carbocycles. The molecule has 3 aromatic rings. The van der Waals surface area contributed by atoms with Gasteiger partial charge in [0, 0.05) is 16.5 Å². The molecule has 0 radical (unpaired) electrons. The summed E-state index contributed by atoms with van der Waals surface area (Å²) >= 11 is 1.66. The molecule has 0 unspecified atom stereocenters. The number of H-pyrrole nitrogens is 1. The van der Waals surface area contributed by atoms with Gasteiger partial charge in [0.15, 0.2) is 0 Å². The molecule has 0 aliphatic heterocycles. The van der Waals surface area contributed by atoms with Crippen LogP contribution < -0.4 is 0 Å². The molecule has 4 heteroatoms. The number of aromatic nitrogens is 3. The van der Waals surface area contributed by atoms with Crippen molar-refractivity contribution in [2.45, 2.75) is 0 Å². The lowest BCUT2D eigenvalue weighted by atomic mass is 10.1. The Kier molecular flexibility index (Phi) is 2.27. The van der Waals surface area contributed by atoms with Gasteiger partial charge in [0.1, 0.15) is 5.69 Å². The summed E-state index contributed by atoms with van der Waals surface area (Å²) in [6, 6.07) is 12.2. The van der Waals surface area contributed by atoms with E-state index in [0.717, 1.165) is 22.5 Å². The van der Waals surface area contributed by atoms with E-state index < -0.39 is 0 Å². The summed E-state index contributed by atoms with van der Waals surface area (Å²) in [6.45, 7) is 0. The highest BCUT2D eigenvalue weighted by atomic mass is 32.1. The molecule has 1 N–H and O–H groups in total. The van der Waals surface area contributed by atoms with Gasteiger partial charge < -0.3 is 0 Å². The van der Waals surface area contributed by atoms with E-state index in [1.165, 1.54) is 0 Å². The zero-order chi connectivity index (χ0) is 10.8. The Morgan fingerprint density at radius 2 is 1.88 bits per heavy atom. The minimum absolute atomic E-state index is 0.910. The molecule has 3 rings (SSSR count). The minimum Gasteiger partial charge on any atom is -0.257 e. The van der Waals surface area contributed by atoms with E-state index >= 15 is 0 Å². The van der Waals surface area contributed by atoms with Gasteiger partial charge in [-0.15, -0.1) is 5.10 Å². The van der Waals surface area contributed by atoms with Crippen LogP contribution in [-0.4, -0.2) is 15.4 Å². The van der Waals surface area contributed by atoms with E-state index in [-0.39, 0.29) is 0 Å². The van der Waals surface area contributed by atoms with E-state index in [9.17, 15) is 0 Å². The van der Waals surface area contributed by atoms with Gasteiger partial charge in [-0.05, 0) is 11.4 Å². The summed E-state index contributed by atoms with van der Waals surface area (Å²) in [5.74, 6) is 0. The topological polar surface area (TPSA) is 41.6 Å². The fraction of sp³-hybridized carbons (Fsp3) is 0. The molecule has 0 aliphatic rings. The van der Waals surface area contributed by atoms with Crippen molar-refractivity contribution >= 4 is 11.3 Å². The van der Waals surface area contributed by atoms with Gasteiger partial charge in [0.05, 0.1) is 5.69 Å². The molecule has 16 heavy (non-hydrogen) atoms. The zero-order valence-electron chi connectivity index (χ0n) is 8.42. The van der Waals surface area contributed by atoms with Crippen molar-refractivity contribution < 1.29 is 0 Å². The monoisotopic (exact) mass is 227 g/mol. The van der Waals surface area contributed by atoms with E-state index in [2.05, 4.69) is 26.9 Å². The van der Waals surface area contributed by atoms with Crippen LogP contribution in [0.1, 0.15) is 0 Å². The highest BCUT2D eigenvalue weighted by Crippen LogP contribution is 2.28. The van der Waals surface area contributed by atoms with Gasteiger partial charge in [0.2, 0.25) is 0 Å². The molecule has 0 bridgehead atoms. The molecule has 2 heterocycles. The standard InChI is InChI=1S/C12H9N3S/c1-2-4-9(5-3-1)11-12(14-15-13-11)10-6-7-16-8-10/h1-8H,(H,13,14,15). The maximum Gasteiger partial charge on any atom is 0.121 e. The van der Waals surface area contributed by atoms with E-state index in [1.807, 2.05) is 35.7 Å². The third-order valence-electron chi connectivity index (χ3n) is 2.41. The number of hydrogen-bond acceptors (Lipinski definition) is 3. The smallest absolute Gasteiger partial charge is 0.121 e. The minimum atomic E-state index is 0.910. The Morgan fingerprint density at radius 3 is 2.62 bits per heavy atom. The molecular formula is C12H9N3S. The zero-order valence-corrected chi connectivity index (χ0v) is 9.24. The SMILES string of the molecule is c1ccc(-c2[nH]nnc2-c2ccsc2)cc1. The summed E-state index contributed by atoms with van der Waals surface area (Å²) in [4.78, 5) is 0. The van der Waals surface area contributed by atoms with Gasteiger partial charge in [-0.2, -0.15) is 11.3 Å². The maximum absolute atomic E-state index is 4.14. The molecule has 0 saturated heterocycles. The summed E-state index contributed by atoms with van der Waals surface area (Å²) in [5.41, 5.74) is 4.10. The second-order valence-electron chi connectivity index (χ2n) is 3.41. The molecule has 0 atom stereocenters. The first-order chi connectivity index (χ1) is 7.95. The molecule has 0 aliphatic carbocycles. The molecule has 0 spiro atoms. The molecule has 0 amide bonds. The Labute approximate surface area is 96.8 Å². The summed E-state index contributed by atoms with van der Waals surface area (Å²) < 4.78 is 0. The van der Waals surface area contributed by atoms with Gasteiger partial charge in [-0.1, -0.05) is 35.5 Å². The third kappa shape index (κ3) is 1.53. The van der Waals surface area contributed by atoms with Crippen LogP contribution in [0.4, 0.5) is 0 Å². The average molecular weight is 227 g/mol. The number of nitrogens with one attached hydrogen (secondary N) is 1. The van der Waals surface area contributed by atoms with Crippen molar-refractivity contribution in [2.75, 3.05) is 0 Å². The van der Waals surface area contributed by atoms with Crippen LogP contribution in [0, 0.1) is 0 Å². The average Bonchev–Trinajstić information content (AvgIpc) is 3.01. The van der Waals surface area contributed by atoms with Gasteiger partial charge >= 0.3 is 0 Å². The quantitative estimate of drug-likeness (QED) is 0.730. The van der Waals surface area contributed by atoms with Crippen LogP contribution in [-0.2, 0) is 0 Å². The van der Waals surface area contributed by atoms with Crippen molar-refractivity contribution in [1.29, 1.82) is 0 Å². The number of hydrogen-bond donors (Lipinski definition) is 1. The first-order valence-electron chi connectivity index (χ1n) is 4.94. The number of nitrogens with zero attached hydrogens (tertiary/aromatic N) is 2. The van der Waals surface area contributed by atoms with Crippen LogP contribution >= 0.6 is 11.3 Å². The lowest BCUT2D eigenvalue weighted by molar-refractivity contribution is 0.944. The summed E-state index contributed by atoms with van der Waals surface area (Å²) in [5, 5.41) is 15.1. The van der Waals surface area contributed by atoms with E-state index in [1.54, 1.807) is 11.3 Å². The van der Waals surface area contributed by atoms with Gasteiger partial charge in [0.25, 0.3) is 0 Å². The van der Waals surface area contributed by atoms with Crippen molar-refractivity contribution in [3.8, 4) is 22.5 Å². The first kappa shape index (κ1) is 9.30. The Hall–Kier alpha value is -1.94. The fourth-order valence-corrected chi connectivity index (χ4v) is 2.28. The Bertz CT molecular complexity index is 569. The predicted molar refractivity (Wildman–Crippen MR) is 65.1 cm³/mol. The Balaban J connectivity index is 2.14. The first-order valence-corrected chi connectivity index (χ1v) is 5.88. The van der Waals surface area contributed by atoms with Crippen molar-refractivity contribution in [3.05, 3.63) is 47.2 Å². The number of rotatable bonds is 2. The van der Waals surface area contributed by atoms with Crippen molar-refractivity contribution in [3.63, 3.8) is 0 Å². The predicted octanol–water partition coefficient (Wildman–Crippen LogP) is 3.20. The molecule has 2 aromatic heterocycles. The fourth-order valence-electron chi connectivity index (χ4n) is 1.64. The van der Waals surface area contributed by atoms with E-state index in [4.69, 9.17) is 0 Å². The van der Waals surface area contributed by atoms with Crippen LogP contribution in [0.3, 0.4) is 0 Å². The molecular weight excluding hydrogens is 218 g/mol. The third-order valence-corrected chi connectivity index (χ3v) is 3.09. The number of thiophene rings is 1. The second-order valence-corrected chi connectivity index (χ2v) is 4.19. The maximum atomic E-state index is 4.14. The largest absolute Gasteiger partial charge is 0.257 e. The van der Waals surface area contributed by atoms with Gasteiger partial charge in [-0.25, -0.2) is 0 Å². The van der Waals surface area contributed by atoms with Crippen LogP contribution in [0.5, 0.6) is 0 Å². The molecule has 0 saturated carbocycles. The molecule has 0 fully saturated rings. The van der Waals surface area contributed by atoms with Crippen LogP contribution in [0.25, 0.3) is 22.5 Å². The van der Waals surface area contributed by atoms with E-state index in [0.29, 0.717) is 0 Å². The Morgan fingerprint density at radius 1 is 1.00 bits per heavy atom. The summed E-state index contributed by atoms with van der Waals surface area (Å²) in [6.07, 6.45) is 0. The summed E-state index contributed by atoms with van der Waals surface area (Å²) in [7, 11) is 0. The normalized spacial score (nSPS) is 10.5. The van der Waals surface area contributed by atoms with Crippen molar-refractivity contribution in [2.24, 2.45) is 0 Å². The number of aromatic amines is 1. The van der Waals surface area contributed by atoms with Gasteiger partial charge in [-0.3, -0.25) is 5.10 Å². The second kappa shape index (κ2) is 3.90.